The number of rotatable bonds is 7. The zero-order valence-electron chi connectivity index (χ0n) is 15.1. The van der Waals surface area contributed by atoms with Crippen molar-refractivity contribution in [3.05, 3.63) is 35.6 Å². The molecule has 5 N–H and O–H groups in total. The van der Waals surface area contributed by atoms with E-state index in [1.807, 2.05) is 11.8 Å². The van der Waals surface area contributed by atoms with E-state index in [2.05, 4.69) is 15.6 Å². The number of nitrogens with one attached hydrogen (secondary N) is 2. The zero-order valence-corrected chi connectivity index (χ0v) is 15.1. The average molecular weight is 365 g/mol. The molecule has 2 rings (SSSR count). The van der Waals surface area contributed by atoms with E-state index >= 15 is 0 Å². The molecule has 8 heteroatoms. The molecular weight excluding hydrogens is 337 g/mol. The van der Waals surface area contributed by atoms with Crippen LogP contribution in [0.15, 0.2) is 29.3 Å². The van der Waals surface area contributed by atoms with E-state index in [-0.39, 0.29) is 24.3 Å². The molecule has 1 aliphatic heterocycles. The molecule has 1 saturated heterocycles. The number of benzene rings is 1. The molecule has 0 saturated carbocycles. The first-order chi connectivity index (χ1) is 12.5. The second-order valence-electron chi connectivity index (χ2n) is 6.45. The van der Waals surface area contributed by atoms with Gasteiger partial charge in [0.15, 0.2) is 5.96 Å². The van der Waals surface area contributed by atoms with E-state index in [0.717, 1.165) is 25.9 Å². The number of aliphatic hydroxyl groups is 1. The van der Waals surface area contributed by atoms with Gasteiger partial charge < -0.3 is 21.5 Å². The Bertz CT molecular complexity index is 600. The molecule has 1 aromatic rings. The highest BCUT2D eigenvalue weighted by molar-refractivity contribution is 5.80. The first-order valence-electron chi connectivity index (χ1n) is 8.97. The Labute approximate surface area is 153 Å². The maximum atomic E-state index is 13.0. The number of hydrogen-bond acceptors (Lipinski definition) is 4. The zero-order chi connectivity index (χ0) is 18.9. The lowest BCUT2D eigenvalue weighted by molar-refractivity contribution is -0.119. The van der Waals surface area contributed by atoms with Gasteiger partial charge in [0.1, 0.15) is 5.82 Å². The van der Waals surface area contributed by atoms with E-state index in [1.165, 1.54) is 12.1 Å². The minimum Gasteiger partial charge on any atom is -0.386 e. The third-order valence-corrected chi connectivity index (χ3v) is 4.33. The Morgan fingerprint density at radius 1 is 1.38 bits per heavy atom. The lowest BCUT2D eigenvalue weighted by Crippen LogP contribution is -2.49. The molecule has 1 aromatic carbocycles. The maximum Gasteiger partial charge on any atom is 0.231 e. The van der Waals surface area contributed by atoms with Crippen molar-refractivity contribution < 1.29 is 14.3 Å². The quantitative estimate of drug-likeness (QED) is 0.413. The summed E-state index contributed by atoms with van der Waals surface area (Å²) in [5, 5.41) is 16.8. The van der Waals surface area contributed by atoms with Crippen LogP contribution in [0.2, 0.25) is 0 Å². The van der Waals surface area contributed by atoms with Crippen molar-refractivity contribution in [2.24, 2.45) is 10.7 Å². The number of guanidine groups is 1. The van der Waals surface area contributed by atoms with Gasteiger partial charge in [0.25, 0.3) is 0 Å². The lowest BCUT2D eigenvalue weighted by Gasteiger charge is -2.32. The number of aliphatic imine (C=N–C) groups is 1. The van der Waals surface area contributed by atoms with Crippen LogP contribution in [-0.2, 0) is 4.79 Å². The molecular formula is C18H28FN5O2. The molecule has 1 aliphatic rings. The third kappa shape index (κ3) is 6.61. The Morgan fingerprint density at radius 3 is 2.62 bits per heavy atom. The van der Waals surface area contributed by atoms with Crippen LogP contribution in [0.3, 0.4) is 0 Å². The van der Waals surface area contributed by atoms with Gasteiger partial charge in [-0.05, 0) is 37.5 Å². The van der Waals surface area contributed by atoms with Gasteiger partial charge in [0.2, 0.25) is 5.91 Å². The number of piperidine rings is 1. The molecule has 26 heavy (non-hydrogen) atoms. The van der Waals surface area contributed by atoms with Crippen molar-refractivity contribution in [2.75, 3.05) is 32.7 Å². The van der Waals surface area contributed by atoms with E-state index in [9.17, 15) is 14.3 Å². The van der Waals surface area contributed by atoms with Crippen molar-refractivity contribution in [2.45, 2.75) is 31.9 Å². The molecule has 1 fully saturated rings. The number of aliphatic hydroxyl groups excluding tert-OH is 1. The molecule has 0 bridgehead atoms. The summed E-state index contributed by atoms with van der Waals surface area (Å²) in [4.78, 5) is 17.5. The van der Waals surface area contributed by atoms with Crippen LogP contribution < -0.4 is 16.4 Å². The minimum atomic E-state index is -0.788. The highest BCUT2D eigenvalue weighted by atomic mass is 19.1. The normalized spacial score (nSPS) is 17.7. The van der Waals surface area contributed by atoms with Crippen LogP contribution in [0, 0.1) is 5.82 Å². The summed E-state index contributed by atoms with van der Waals surface area (Å²) in [6, 6.07) is 6.02. The number of primary amides is 1. The minimum absolute atomic E-state index is 0.182. The summed E-state index contributed by atoms with van der Waals surface area (Å²) in [6.45, 7) is 4.77. The lowest BCUT2D eigenvalue weighted by atomic mass is 10.1. The highest BCUT2D eigenvalue weighted by Crippen LogP contribution is 2.14. The summed E-state index contributed by atoms with van der Waals surface area (Å²) in [5.74, 6) is 0.00485. The molecule has 0 spiro atoms. The summed E-state index contributed by atoms with van der Waals surface area (Å²) >= 11 is 0. The number of likely N-dealkylation sites (tertiary alicyclic amines) is 1. The molecule has 0 aliphatic carbocycles. The Balaban J connectivity index is 1.86. The van der Waals surface area contributed by atoms with Crippen LogP contribution in [0.25, 0.3) is 0 Å². The van der Waals surface area contributed by atoms with Gasteiger partial charge in [-0.2, -0.15) is 0 Å². The summed E-state index contributed by atoms with van der Waals surface area (Å²) in [6.07, 6.45) is 0.986. The van der Waals surface area contributed by atoms with E-state index < -0.39 is 6.10 Å². The van der Waals surface area contributed by atoms with Crippen LogP contribution >= 0.6 is 0 Å². The van der Waals surface area contributed by atoms with Gasteiger partial charge in [-0.3, -0.25) is 14.7 Å². The second kappa shape index (κ2) is 10.1. The Kier molecular flexibility index (Phi) is 7.80. The average Bonchev–Trinajstić information content (AvgIpc) is 2.61. The summed E-state index contributed by atoms with van der Waals surface area (Å²) in [7, 11) is 0. The predicted octanol–water partition coefficient (Wildman–Crippen LogP) is 0.364. The molecule has 144 valence electrons. The topological polar surface area (TPSA) is 103 Å². The molecule has 1 amide bonds. The summed E-state index contributed by atoms with van der Waals surface area (Å²) < 4.78 is 13.0. The number of carbonyl (C=O) groups is 1. The largest absolute Gasteiger partial charge is 0.386 e. The van der Waals surface area contributed by atoms with Crippen LogP contribution in [0.1, 0.15) is 31.4 Å². The maximum absolute atomic E-state index is 13.0. The smallest absolute Gasteiger partial charge is 0.231 e. The molecule has 0 aromatic heterocycles. The van der Waals surface area contributed by atoms with Crippen LogP contribution in [0.4, 0.5) is 4.39 Å². The van der Waals surface area contributed by atoms with E-state index in [0.29, 0.717) is 24.6 Å². The molecule has 7 nitrogen and oxygen atoms in total. The number of amides is 1. The fourth-order valence-corrected chi connectivity index (χ4v) is 2.94. The van der Waals surface area contributed by atoms with Gasteiger partial charge in [0, 0.05) is 25.7 Å². The van der Waals surface area contributed by atoms with Crippen LogP contribution in [0.5, 0.6) is 0 Å². The second-order valence-corrected chi connectivity index (χ2v) is 6.45. The van der Waals surface area contributed by atoms with Crippen molar-refractivity contribution in [3.8, 4) is 0 Å². The number of nitrogens with zero attached hydrogens (tertiary/aromatic N) is 2. The number of nitrogens with two attached hydrogens (primary N) is 1. The third-order valence-electron chi connectivity index (χ3n) is 4.33. The molecule has 1 heterocycles. The van der Waals surface area contributed by atoms with Crippen molar-refractivity contribution in [3.63, 3.8) is 0 Å². The predicted molar refractivity (Wildman–Crippen MR) is 99.1 cm³/mol. The number of halogens is 1. The first-order valence-corrected chi connectivity index (χ1v) is 8.97. The van der Waals surface area contributed by atoms with Gasteiger partial charge in [0.05, 0.1) is 19.2 Å². The SMILES string of the molecule is CCNC(=NCC(O)c1ccc(F)cc1)NC1CCN(CC(N)=O)CC1. The van der Waals surface area contributed by atoms with Gasteiger partial charge in [-0.1, -0.05) is 12.1 Å². The van der Waals surface area contributed by atoms with Crippen molar-refractivity contribution in [1.82, 2.24) is 15.5 Å². The fraction of sp³-hybridized carbons (Fsp3) is 0.556. The number of carbonyl (C=O) groups excluding carboxylic acids is 1. The number of hydrogen-bond donors (Lipinski definition) is 4. The van der Waals surface area contributed by atoms with E-state index in [4.69, 9.17) is 5.73 Å². The van der Waals surface area contributed by atoms with Gasteiger partial charge in [-0.15, -0.1) is 0 Å². The highest BCUT2D eigenvalue weighted by Gasteiger charge is 2.21. The Hall–Kier alpha value is -2.19. The molecule has 0 radical (unpaired) electrons. The standard InChI is InChI=1S/C18H28FN5O2/c1-2-21-18(22-11-16(25)13-3-5-14(19)6-4-13)23-15-7-9-24(10-8-15)12-17(20)26/h3-6,15-16,25H,2,7-12H2,1H3,(H2,20,26)(H2,21,22,23). The molecule has 1 unspecified atom stereocenters. The van der Waals surface area contributed by atoms with Crippen molar-refractivity contribution >= 4 is 11.9 Å². The van der Waals surface area contributed by atoms with Crippen molar-refractivity contribution in [1.29, 1.82) is 0 Å². The fourth-order valence-electron chi connectivity index (χ4n) is 2.94. The summed E-state index contributed by atoms with van der Waals surface area (Å²) in [5.41, 5.74) is 5.86. The van der Waals surface area contributed by atoms with Crippen LogP contribution in [-0.4, -0.2) is 60.6 Å². The monoisotopic (exact) mass is 365 g/mol. The molecule has 1 atom stereocenters. The van der Waals surface area contributed by atoms with Gasteiger partial charge >= 0.3 is 0 Å². The Morgan fingerprint density at radius 2 is 2.04 bits per heavy atom. The van der Waals surface area contributed by atoms with E-state index in [1.54, 1.807) is 12.1 Å². The van der Waals surface area contributed by atoms with Gasteiger partial charge in [-0.25, -0.2) is 4.39 Å². The first kappa shape index (κ1) is 20.1.